The lowest BCUT2D eigenvalue weighted by atomic mass is 10.2. The number of nitro benzene ring substituents is 1. The Morgan fingerprint density at radius 1 is 1.17 bits per heavy atom. The Labute approximate surface area is 155 Å². The molecule has 2 aromatic rings. The Bertz CT molecular complexity index is 844. The van der Waals surface area contributed by atoms with E-state index >= 15 is 0 Å². The molecule has 7 nitrogen and oxygen atoms in total. The molecule has 0 radical (unpaired) electrons. The number of nitrogens with zero attached hydrogens (tertiary/aromatic N) is 2. The Morgan fingerprint density at radius 3 is 2.42 bits per heavy atom. The van der Waals surface area contributed by atoms with Crippen LogP contribution in [0.5, 0.6) is 11.5 Å². The summed E-state index contributed by atoms with van der Waals surface area (Å²) in [4.78, 5) is 26.2. The van der Waals surface area contributed by atoms with E-state index in [1.54, 1.807) is 0 Å². The maximum Gasteiger partial charge on any atom is 0.364 e. The number of methoxy groups -OCH3 is 1. The van der Waals surface area contributed by atoms with Gasteiger partial charge in [-0.1, -0.05) is 46.4 Å². The number of hydrogen-bond donors (Lipinski definition) is 0. The molecule has 1 aromatic carbocycles. The summed E-state index contributed by atoms with van der Waals surface area (Å²) < 4.78 is 9.87. The fourth-order valence-corrected chi connectivity index (χ4v) is 2.43. The first-order valence-corrected chi connectivity index (χ1v) is 7.52. The van der Waals surface area contributed by atoms with Gasteiger partial charge >= 0.3 is 11.7 Å². The number of aromatic nitrogens is 1. The summed E-state index contributed by atoms with van der Waals surface area (Å²) in [6.07, 6.45) is 0. The molecule has 0 amide bonds. The second-order valence-electron chi connectivity index (χ2n) is 4.17. The summed E-state index contributed by atoms with van der Waals surface area (Å²) in [5.74, 6) is -1.20. The van der Waals surface area contributed by atoms with Crippen LogP contribution in [-0.2, 0) is 0 Å². The standard InChI is InChI=1S/C13H6Cl4N2O5/c1-23-5-2-3-7(6(4-5)19(21)22)24-13(20)11-9(15)8(14)10(16)12(17)18-11/h2-4H,1H3. The minimum Gasteiger partial charge on any atom is -0.496 e. The van der Waals surface area contributed by atoms with Gasteiger partial charge in [-0.15, -0.1) is 0 Å². The average molecular weight is 412 g/mol. The van der Waals surface area contributed by atoms with Crippen LogP contribution >= 0.6 is 46.4 Å². The quantitative estimate of drug-likeness (QED) is 0.235. The molecule has 0 aliphatic carbocycles. The SMILES string of the molecule is COc1ccc(OC(=O)c2nc(Cl)c(Cl)c(Cl)c2Cl)c([N+](=O)[O-])c1. The molecule has 0 saturated carbocycles. The van der Waals surface area contributed by atoms with Gasteiger partial charge in [0.2, 0.25) is 5.75 Å². The van der Waals surface area contributed by atoms with E-state index < -0.39 is 22.3 Å². The number of rotatable bonds is 4. The van der Waals surface area contributed by atoms with Crippen molar-refractivity contribution in [2.75, 3.05) is 7.11 Å². The molecule has 0 atom stereocenters. The number of esters is 1. The van der Waals surface area contributed by atoms with Gasteiger partial charge in [0.15, 0.2) is 5.69 Å². The number of benzene rings is 1. The van der Waals surface area contributed by atoms with Gasteiger partial charge in [-0.25, -0.2) is 9.78 Å². The van der Waals surface area contributed by atoms with Crippen LogP contribution in [0.3, 0.4) is 0 Å². The zero-order valence-corrected chi connectivity index (χ0v) is 14.7. The maximum atomic E-state index is 12.2. The smallest absolute Gasteiger partial charge is 0.364 e. The van der Waals surface area contributed by atoms with Crippen LogP contribution in [0.25, 0.3) is 0 Å². The first-order chi connectivity index (χ1) is 11.3. The molecule has 0 N–H and O–H groups in total. The van der Waals surface area contributed by atoms with Crippen LogP contribution in [-0.4, -0.2) is 23.0 Å². The molecule has 0 bridgehead atoms. The van der Waals surface area contributed by atoms with Crippen LogP contribution in [0.15, 0.2) is 18.2 Å². The van der Waals surface area contributed by atoms with Crippen molar-refractivity contribution in [3.8, 4) is 11.5 Å². The number of carbonyl (C=O) groups excluding carboxylic acids is 1. The molecular weight excluding hydrogens is 406 g/mol. The molecule has 126 valence electrons. The third kappa shape index (κ3) is 3.64. The highest BCUT2D eigenvalue weighted by molar-refractivity contribution is 6.52. The third-order valence-corrected chi connectivity index (χ3v) is 4.42. The van der Waals surface area contributed by atoms with Gasteiger partial charge in [-0.3, -0.25) is 10.1 Å². The average Bonchev–Trinajstić information content (AvgIpc) is 2.56. The number of pyridine rings is 1. The predicted molar refractivity (Wildman–Crippen MR) is 88.9 cm³/mol. The maximum absolute atomic E-state index is 12.2. The zero-order chi connectivity index (χ0) is 18.0. The number of hydrogen-bond acceptors (Lipinski definition) is 6. The van der Waals surface area contributed by atoms with Crippen molar-refractivity contribution >= 4 is 58.1 Å². The zero-order valence-electron chi connectivity index (χ0n) is 11.7. The molecule has 0 aliphatic rings. The lowest BCUT2D eigenvalue weighted by Gasteiger charge is -2.09. The van der Waals surface area contributed by atoms with Gasteiger partial charge in [0, 0.05) is 0 Å². The van der Waals surface area contributed by atoms with Crippen molar-refractivity contribution in [3.63, 3.8) is 0 Å². The van der Waals surface area contributed by atoms with Crippen LogP contribution in [0, 0.1) is 10.1 Å². The van der Waals surface area contributed by atoms with E-state index in [-0.39, 0.29) is 31.7 Å². The summed E-state index contributed by atoms with van der Waals surface area (Å²) in [5, 5.41) is 10.2. The van der Waals surface area contributed by atoms with Crippen molar-refractivity contribution < 1.29 is 19.2 Å². The van der Waals surface area contributed by atoms with Crippen molar-refractivity contribution in [2.45, 2.75) is 0 Å². The van der Waals surface area contributed by atoms with Crippen LogP contribution < -0.4 is 9.47 Å². The lowest BCUT2D eigenvalue weighted by Crippen LogP contribution is -2.13. The van der Waals surface area contributed by atoms with Gasteiger partial charge < -0.3 is 9.47 Å². The number of carbonyl (C=O) groups is 1. The molecule has 1 aromatic heterocycles. The van der Waals surface area contributed by atoms with Crippen molar-refractivity contribution in [1.82, 2.24) is 4.98 Å². The lowest BCUT2D eigenvalue weighted by molar-refractivity contribution is -0.385. The fourth-order valence-electron chi connectivity index (χ4n) is 1.62. The molecule has 0 aliphatic heterocycles. The van der Waals surface area contributed by atoms with Gasteiger partial charge in [-0.05, 0) is 12.1 Å². The second-order valence-corrected chi connectivity index (χ2v) is 5.67. The Kier molecular flexibility index (Phi) is 5.71. The van der Waals surface area contributed by atoms with E-state index in [1.165, 1.54) is 19.2 Å². The highest BCUT2D eigenvalue weighted by Crippen LogP contribution is 2.37. The highest BCUT2D eigenvalue weighted by atomic mass is 35.5. The number of halogens is 4. The summed E-state index contributed by atoms with van der Waals surface area (Å²) in [5.41, 5.74) is -0.911. The largest absolute Gasteiger partial charge is 0.496 e. The molecule has 11 heteroatoms. The Hall–Kier alpha value is -1.80. The van der Waals surface area contributed by atoms with E-state index in [0.717, 1.165) is 6.07 Å². The number of nitro groups is 1. The van der Waals surface area contributed by atoms with E-state index in [2.05, 4.69) is 4.98 Å². The van der Waals surface area contributed by atoms with Crippen molar-refractivity contribution in [1.29, 1.82) is 0 Å². The van der Waals surface area contributed by atoms with Gasteiger partial charge in [0.1, 0.15) is 10.9 Å². The molecule has 0 spiro atoms. The topological polar surface area (TPSA) is 91.6 Å². The summed E-state index contributed by atoms with van der Waals surface area (Å²) in [7, 11) is 1.34. The van der Waals surface area contributed by atoms with Crippen LogP contribution in [0.4, 0.5) is 5.69 Å². The van der Waals surface area contributed by atoms with E-state index in [9.17, 15) is 14.9 Å². The molecule has 2 rings (SSSR count). The van der Waals surface area contributed by atoms with Gasteiger partial charge in [0.05, 0.1) is 33.2 Å². The molecule has 0 fully saturated rings. The fraction of sp³-hybridized carbons (Fsp3) is 0.0769. The second kappa shape index (κ2) is 7.40. The van der Waals surface area contributed by atoms with Crippen LogP contribution in [0.1, 0.15) is 10.5 Å². The molecule has 0 saturated heterocycles. The predicted octanol–water partition coefficient (Wildman–Crippen LogP) is 4.83. The summed E-state index contributed by atoms with van der Waals surface area (Å²) in [6.45, 7) is 0. The monoisotopic (exact) mass is 410 g/mol. The Morgan fingerprint density at radius 2 is 1.83 bits per heavy atom. The van der Waals surface area contributed by atoms with Crippen molar-refractivity contribution in [3.05, 3.63) is 54.2 Å². The van der Waals surface area contributed by atoms with E-state index in [4.69, 9.17) is 55.9 Å². The first-order valence-electron chi connectivity index (χ1n) is 6.00. The molecular formula is C13H6Cl4N2O5. The minimum atomic E-state index is -1.09. The van der Waals surface area contributed by atoms with E-state index in [1.807, 2.05) is 0 Å². The van der Waals surface area contributed by atoms with Gasteiger partial charge in [0.25, 0.3) is 0 Å². The first kappa shape index (κ1) is 18.5. The molecule has 24 heavy (non-hydrogen) atoms. The minimum absolute atomic E-state index is 0.129. The summed E-state index contributed by atoms with van der Waals surface area (Å²) >= 11 is 23.2. The van der Waals surface area contributed by atoms with Crippen molar-refractivity contribution in [2.24, 2.45) is 0 Å². The molecule has 1 heterocycles. The Balaban J connectivity index is 2.43. The van der Waals surface area contributed by atoms with E-state index in [0.29, 0.717) is 0 Å². The molecule has 0 unspecified atom stereocenters. The van der Waals surface area contributed by atoms with Gasteiger partial charge in [-0.2, -0.15) is 0 Å². The number of ether oxygens (including phenoxy) is 2. The summed E-state index contributed by atoms with van der Waals surface area (Å²) in [6, 6.07) is 3.67. The normalized spacial score (nSPS) is 10.4. The van der Waals surface area contributed by atoms with Crippen LogP contribution in [0.2, 0.25) is 20.2 Å². The third-order valence-electron chi connectivity index (χ3n) is 2.74. The highest BCUT2D eigenvalue weighted by Gasteiger charge is 2.25.